The SMILES string of the molecule is COCCNCC(O)CN(C)CCc1ccccc1. The number of rotatable bonds is 10. The van der Waals surface area contributed by atoms with Crippen LogP contribution in [-0.4, -0.2) is 63.1 Å². The fraction of sp³-hybridized carbons (Fsp3) is 0.600. The van der Waals surface area contributed by atoms with Gasteiger partial charge >= 0.3 is 0 Å². The summed E-state index contributed by atoms with van der Waals surface area (Å²) in [5, 5.41) is 13.0. The molecule has 1 aromatic carbocycles. The first-order chi connectivity index (χ1) is 9.22. The summed E-state index contributed by atoms with van der Waals surface area (Å²) < 4.78 is 4.94. The number of hydrogen-bond donors (Lipinski definition) is 2. The van der Waals surface area contributed by atoms with Gasteiger partial charge in [-0.2, -0.15) is 0 Å². The molecule has 0 heterocycles. The molecule has 4 heteroatoms. The van der Waals surface area contributed by atoms with Crippen LogP contribution in [0.25, 0.3) is 0 Å². The lowest BCUT2D eigenvalue weighted by atomic mass is 10.1. The molecule has 0 aliphatic heterocycles. The van der Waals surface area contributed by atoms with Gasteiger partial charge in [0, 0.05) is 33.3 Å². The monoisotopic (exact) mass is 266 g/mol. The molecule has 1 rings (SSSR count). The summed E-state index contributed by atoms with van der Waals surface area (Å²) in [6.07, 6.45) is 0.680. The number of benzene rings is 1. The van der Waals surface area contributed by atoms with Crippen LogP contribution < -0.4 is 5.32 Å². The van der Waals surface area contributed by atoms with Crippen molar-refractivity contribution in [3.8, 4) is 0 Å². The molecule has 0 radical (unpaired) electrons. The Balaban J connectivity index is 2.11. The van der Waals surface area contributed by atoms with Gasteiger partial charge in [0.1, 0.15) is 0 Å². The molecule has 0 saturated carbocycles. The highest BCUT2D eigenvalue weighted by atomic mass is 16.5. The lowest BCUT2D eigenvalue weighted by molar-refractivity contribution is 0.120. The maximum atomic E-state index is 9.87. The van der Waals surface area contributed by atoms with E-state index in [2.05, 4.69) is 34.5 Å². The van der Waals surface area contributed by atoms with Crippen LogP contribution in [0, 0.1) is 0 Å². The van der Waals surface area contributed by atoms with E-state index in [1.165, 1.54) is 5.56 Å². The first-order valence-electron chi connectivity index (χ1n) is 6.82. The van der Waals surface area contributed by atoms with Crippen LogP contribution in [0.5, 0.6) is 0 Å². The molecule has 0 aliphatic carbocycles. The number of methoxy groups -OCH3 is 1. The smallest absolute Gasteiger partial charge is 0.0791 e. The Morgan fingerprint density at radius 1 is 1.32 bits per heavy atom. The van der Waals surface area contributed by atoms with Crippen LogP contribution in [-0.2, 0) is 11.2 Å². The molecular formula is C15H26N2O2. The van der Waals surface area contributed by atoms with E-state index in [0.29, 0.717) is 19.7 Å². The second kappa shape index (κ2) is 9.92. The maximum Gasteiger partial charge on any atom is 0.0791 e. The van der Waals surface area contributed by atoms with Crippen LogP contribution in [0.15, 0.2) is 30.3 Å². The summed E-state index contributed by atoms with van der Waals surface area (Å²) in [7, 11) is 3.72. The standard InChI is InChI=1S/C15H26N2O2/c1-17(10-8-14-6-4-3-5-7-14)13-15(18)12-16-9-11-19-2/h3-7,15-16,18H,8-13H2,1-2H3. The second-order valence-electron chi connectivity index (χ2n) is 4.85. The first kappa shape index (κ1) is 16.1. The fourth-order valence-corrected chi connectivity index (χ4v) is 1.92. The Morgan fingerprint density at radius 2 is 2.05 bits per heavy atom. The predicted molar refractivity (Wildman–Crippen MR) is 78.4 cm³/mol. The lowest BCUT2D eigenvalue weighted by Gasteiger charge is -2.20. The topological polar surface area (TPSA) is 44.7 Å². The molecule has 2 N–H and O–H groups in total. The zero-order valence-electron chi connectivity index (χ0n) is 12.0. The van der Waals surface area contributed by atoms with E-state index in [-0.39, 0.29) is 6.10 Å². The van der Waals surface area contributed by atoms with Crippen LogP contribution in [0.2, 0.25) is 0 Å². The normalized spacial score (nSPS) is 12.8. The third-order valence-electron chi connectivity index (χ3n) is 3.01. The summed E-state index contributed by atoms with van der Waals surface area (Å²) in [5.74, 6) is 0. The summed E-state index contributed by atoms with van der Waals surface area (Å²) in [5.41, 5.74) is 1.34. The molecule has 0 amide bonds. The Bertz CT molecular complexity index is 319. The summed E-state index contributed by atoms with van der Waals surface area (Å²) in [6, 6.07) is 10.4. The van der Waals surface area contributed by atoms with Crippen LogP contribution in [0.4, 0.5) is 0 Å². The summed E-state index contributed by atoms with van der Waals surface area (Å²) >= 11 is 0. The van der Waals surface area contributed by atoms with Gasteiger partial charge in [-0.3, -0.25) is 0 Å². The average Bonchev–Trinajstić information content (AvgIpc) is 2.42. The Hall–Kier alpha value is -0.940. The van der Waals surface area contributed by atoms with Crippen LogP contribution in [0.3, 0.4) is 0 Å². The number of nitrogens with one attached hydrogen (secondary N) is 1. The second-order valence-corrected chi connectivity index (χ2v) is 4.85. The van der Waals surface area contributed by atoms with Gasteiger partial charge in [0.2, 0.25) is 0 Å². The molecule has 1 atom stereocenters. The van der Waals surface area contributed by atoms with Gasteiger partial charge in [-0.05, 0) is 19.0 Å². The summed E-state index contributed by atoms with van der Waals surface area (Å²) in [6.45, 7) is 3.71. The van der Waals surface area contributed by atoms with Crippen molar-refractivity contribution in [2.24, 2.45) is 0 Å². The first-order valence-corrected chi connectivity index (χ1v) is 6.82. The van der Waals surface area contributed by atoms with Gasteiger partial charge < -0.3 is 20.1 Å². The Kier molecular flexibility index (Phi) is 8.41. The highest BCUT2D eigenvalue weighted by Crippen LogP contribution is 2.00. The van der Waals surface area contributed by atoms with Crippen molar-refractivity contribution in [3.05, 3.63) is 35.9 Å². The molecule has 0 saturated heterocycles. The largest absolute Gasteiger partial charge is 0.390 e. The maximum absolute atomic E-state index is 9.87. The number of aliphatic hydroxyl groups is 1. The summed E-state index contributed by atoms with van der Waals surface area (Å²) in [4.78, 5) is 2.16. The zero-order valence-corrected chi connectivity index (χ0v) is 12.0. The van der Waals surface area contributed by atoms with Crippen molar-refractivity contribution in [1.82, 2.24) is 10.2 Å². The lowest BCUT2D eigenvalue weighted by Crippen LogP contribution is -2.38. The average molecular weight is 266 g/mol. The molecule has 4 nitrogen and oxygen atoms in total. The molecule has 0 bridgehead atoms. The molecule has 1 aromatic rings. The molecule has 0 fully saturated rings. The van der Waals surface area contributed by atoms with Crippen molar-refractivity contribution in [2.45, 2.75) is 12.5 Å². The molecule has 108 valence electrons. The fourth-order valence-electron chi connectivity index (χ4n) is 1.92. The van der Waals surface area contributed by atoms with Gasteiger partial charge in [0.05, 0.1) is 12.7 Å². The highest BCUT2D eigenvalue weighted by Gasteiger charge is 2.07. The van der Waals surface area contributed by atoms with Crippen molar-refractivity contribution >= 4 is 0 Å². The number of nitrogens with zero attached hydrogens (tertiary/aromatic N) is 1. The van der Waals surface area contributed by atoms with Gasteiger partial charge in [-0.25, -0.2) is 0 Å². The van der Waals surface area contributed by atoms with Crippen molar-refractivity contribution in [1.29, 1.82) is 0 Å². The van der Waals surface area contributed by atoms with Gasteiger partial charge in [-0.15, -0.1) is 0 Å². The van der Waals surface area contributed by atoms with Crippen molar-refractivity contribution in [2.75, 3.05) is 46.9 Å². The van der Waals surface area contributed by atoms with E-state index in [0.717, 1.165) is 19.5 Å². The predicted octanol–water partition coefficient (Wildman–Crippen LogP) is 0.758. The minimum atomic E-state index is -0.336. The molecule has 0 aromatic heterocycles. The van der Waals surface area contributed by atoms with E-state index in [1.807, 2.05) is 13.1 Å². The van der Waals surface area contributed by atoms with Crippen molar-refractivity contribution in [3.63, 3.8) is 0 Å². The van der Waals surface area contributed by atoms with Gasteiger partial charge in [0.25, 0.3) is 0 Å². The molecular weight excluding hydrogens is 240 g/mol. The number of hydrogen-bond acceptors (Lipinski definition) is 4. The third kappa shape index (κ3) is 7.95. The molecule has 0 aliphatic rings. The minimum Gasteiger partial charge on any atom is -0.390 e. The Labute approximate surface area is 116 Å². The molecule has 0 spiro atoms. The highest BCUT2D eigenvalue weighted by molar-refractivity contribution is 5.14. The molecule has 19 heavy (non-hydrogen) atoms. The zero-order chi connectivity index (χ0) is 13.9. The number of likely N-dealkylation sites (N-methyl/N-ethyl adjacent to an activating group) is 1. The van der Waals surface area contributed by atoms with Gasteiger partial charge in [-0.1, -0.05) is 30.3 Å². The third-order valence-corrected chi connectivity index (χ3v) is 3.01. The van der Waals surface area contributed by atoms with E-state index < -0.39 is 0 Å². The molecule has 1 unspecified atom stereocenters. The Morgan fingerprint density at radius 3 is 2.74 bits per heavy atom. The quantitative estimate of drug-likeness (QED) is 0.614. The van der Waals surface area contributed by atoms with E-state index in [9.17, 15) is 5.11 Å². The van der Waals surface area contributed by atoms with E-state index in [1.54, 1.807) is 7.11 Å². The number of aliphatic hydroxyl groups excluding tert-OH is 1. The van der Waals surface area contributed by atoms with Crippen LogP contribution in [0.1, 0.15) is 5.56 Å². The number of ether oxygens (including phenoxy) is 1. The van der Waals surface area contributed by atoms with E-state index in [4.69, 9.17) is 4.74 Å². The van der Waals surface area contributed by atoms with Crippen molar-refractivity contribution < 1.29 is 9.84 Å². The van der Waals surface area contributed by atoms with Gasteiger partial charge in [0.15, 0.2) is 0 Å². The van der Waals surface area contributed by atoms with E-state index >= 15 is 0 Å². The van der Waals surface area contributed by atoms with Crippen LogP contribution >= 0.6 is 0 Å². The minimum absolute atomic E-state index is 0.336.